The van der Waals surface area contributed by atoms with Crippen LogP contribution < -0.4 is 5.19 Å². The molecule has 0 saturated carbocycles. The zero-order chi connectivity index (χ0) is 10.9. The van der Waals surface area contributed by atoms with Crippen LogP contribution in [0.2, 0.25) is 0 Å². The van der Waals surface area contributed by atoms with Gasteiger partial charge in [-0.2, -0.15) is 11.1 Å². The van der Waals surface area contributed by atoms with E-state index in [1.165, 1.54) is 30.0 Å². The molecule has 0 bridgehead atoms. The Morgan fingerprint density at radius 1 is 1.20 bits per heavy atom. The summed E-state index contributed by atoms with van der Waals surface area (Å²) in [5, 5.41) is 1.31. The van der Waals surface area contributed by atoms with Gasteiger partial charge in [0.2, 0.25) is 8.83 Å². The minimum Gasteiger partial charge on any atom is -0.165 e. The van der Waals surface area contributed by atoms with E-state index in [0.29, 0.717) is 8.83 Å². The molecule has 2 radical (unpaired) electrons. The van der Waals surface area contributed by atoms with Crippen molar-refractivity contribution in [3.05, 3.63) is 42.5 Å². The van der Waals surface area contributed by atoms with Crippen molar-refractivity contribution in [1.29, 1.82) is 0 Å². The standard InChI is InChI=1S/C13H17ClSi/c1-2-3-4-5-6-9-12-10-7-8-11-13(12)15-14/h2,7-8,10-11H,1,3-6,9H2. The molecular weight excluding hydrogens is 220 g/mol. The Kier molecular flexibility index (Phi) is 6.45. The van der Waals surface area contributed by atoms with E-state index in [1.54, 1.807) is 0 Å². The predicted octanol–water partition coefficient (Wildman–Crippen LogP) is 3.46. The van der Waals surface area contributed by atoms with Crippen LogP contribution in [0.1, 0.15) is 31.2 Å². The molecule has 0 nitrogen and oxygen atoms in total. The summed E-state index contributed by atoms with van der Waals surface area (Å²) >= 11 is 5.91. The van der Waals surface area contributed by atoms with Gasteiger partial charge in [0.05, 0.1) is 0 Å². The quantitative estimate of drug-likeness (QED) is 0.294. The van der Waals surface area contributed by atoms with Crippen LogP contribution in [0, 0.1) is 0 Å². The van der Waals surface area contributed by atoms with Gasteiger partial charge in [-0.15, -0.1) is 6.58 Å². The molecule has 0 fully saturated rings. The van der Waals surface area contributed by atoms with Crippen molar-refractivity contribution in [2.45, 2.75) is 32.1 Å². The number of hydrogen-bond acceptors (Lipinski definition) is 0. The van der Waals surface area contributed by atoms with Crippen LogP contribution in [-0.4, -0.2) is 8.83 Å². The van der Waals surface area contributed by atoms with Gasteiger partial charge in [-0.3, -0.25) is 0 Å². The van der Waals surface area contributed by atoms with Crippen molar-refractivity contribution in [3.63, 3.8) is 0 Å². The lowest BCUT2D eigenvalue weighted by atomic mass is 10.1. The van der Waals surface area contributed by atoms with Gasteiger partial charge < -0.3 is 0 Å². The molecule has 0 aliphatic heterocycles. The molecule has 2 heteroatoms. The molecule has 1 aromatic carbocycles. The fraction of sp³-hybridized carbons (Fsp3) is 0.385. The molecule has 0 amide bonds. The maximum absolute atomic E-state index is 5.91. The maximum atomic E-state index is 5.91. The van der Waals surface area contributed by atoms with Crippen LogP contribution in [-0.2, 0) is 6.42 Å². The molecular formula is C13H17ClSi. The van der Waals surface area contributed by atoms with Crippen LogP contribution >= 0.6 is 11.1 Å². The van der Waals surface area contributed by atoms with Crippen molar-refractivity contribution >= 4 is 25.1 Å². The van der Waals surface area contributed by atoms with Crippen molar-refractivity contribution in [1.82, 2.24) is 0 Å². The Labute approximate surface area is 99.9 Å². The normalized spacial score (nSPS) is 10.2. The fourth-order valence-electron chi connectivity index (χ4n) is 1.61. The monoisotopic (exact) mass is 236 g/mol. The third-order valence-corrected chi connectivity index (χ3v) is 3.78. The number of allylic oxidation sites excluding steroid dienone is 1. The van der Waals surface area contributed by atoms with Crippen molar-refractivity contribution in [2.24, 2.45) is 0 Å². The topological polar surface area (TPSA) is 0 Å². The van der Waals surface area contributed by atoms with Gasteiger partial charge in [-0.1, -0.05) is 36.8 Å². The van der Waals surface area contributed by atoms with Crippen molar-refractivity contribution < 1.29 is 0 Å². The van der Waals surface area contributed by atoms with E-state index in [2.05, 4.69) is 30.8 Å². The summed E-state index contributed by atoms with van der Waals surface area (Å²) in [6.45, 7) is 3.73. The van der Waals surface area contributed by atoms with Gasteiger partial charge in [0.25, 0.3) is 0 Å². The third-order valence-electron chi connectivity index (χ3n) is 2.47. The Bertz CT molecular complexity index is 296. The number of aryl methyl sites for hydroxylation is 1. The second-order valence-electron chi connectivity index (χ2n) is 3.64. The fourth-order valence-corrected chi connectivity index (χ4v) is 2.65. The number of benzene rings is 1. The number of unbranched alkanes of at least 4 members (excludes halogenated alkanes) is 3. The molecule has 0 N–H and O–H groups in total. The van der Waals surface area contributed by atoms with Crippen LogP contribution in [0.25, 0.3) is 0 Å². The highest BCUT2D eigenvalue weighted by atomic mass is 35.6. The van der Waals surface area contributed by atoms with Gasteiger partial charge in [-0.25, -0.2) is 0 Å². The highest BCUT2D eigenvalue weighted by Gasteiger charge is 2.00. The Hall–Kier alpha value is -0.533. The molecule has 0 aromatic heterocycles. The van der Waals surface area contributed by atoms with Gasteiger partial charge in [0.15, 0.2) is 0 Å². The molecule has 1 aromatic rings. The summed E-state index contributed by atoms with van der Waals surface area (Å²) in [5.41, 5.74) is 1.42. The molecule has 0 atom stereocenters. The van der Waals surface area contributed by atoms with Gasteiger partial charge >= 0.3 is 0 Å². The molecule has 1 rings (SSSR count). The summed E-state index contributed by atoms with van der Waals surface area (Å²) in [6.07, 6.45) is 8.09. The maximum Gasteiger partial charge on any atom is 0.210 e. The van der Waals surface area contributed by atoms with Gasteiger partial charge in [0, 0.05) is 0 Å². The Morgan fingerprint density at radius 2 is 2.00 bits per heavy atom. The van der Waals surface area contributed by atoms with Crippen LogP contribution in [0.4, 0.5) is 0 Å². The Balaban J connectivity index is 2.33. The van der Waals surface area contributed by atoms with E-state index < -0.39 is 0 Å². The Morgan fingerprint density at radius 3 is 2.73 bits per heavy atom. The van der Waals surface area contributed by atoms with Crippen molar-refractivity contribution in [2.75, 3.05) is 0 Å². The van der Waals surface area contributed by atoms with E-state index in [9.17, 15) is 0 Å². The summed E-state index contributed by atoms with van der Waals surface area (Å²) < 4.78 is 0. The summed E-state index contributed by atoms with van der Waals surface area (Å²) in [6, 6.07) is 8.48. The first-order valence-electron chi connectivity index (χ1n) is 5.44. The van der Waals surface area contributed by atoms with Crippen molar-refractivity contribution in [3.8, 4) is 0 Å². The van der Waals surface area contributed by atoms with E-state index in [0.717, 1.165) is 12.8 Å². The van der Waals surface area contributed by atoms with E-state index in [1.807, 2.05) is 6.08 Å². The lowest BCUT2D eigenvalue weighted by Gasteiger charge is -2.05. The number of halogens is 1. The van der Waals surface area contributed by atoms with Gasteiger partial charge in [0.1, 0.15) is 0 Å². The molecule has 80 valence electrons. The van der Waals surface area contributed by atoms with Crippen LogP contribution in [0.5, 0.6) is 0 Å². The van der Waals surface area contributed by atoms with Crippen LogP contribution in [0.15, 0.2) is 36.9 Å². The molecule has 0 heterocycles. The predicted molar refractivity (Wildman–Crippen MR) is 70.1 cm³/mol. The third kappa shape index (κ3) is 4.67. The van der Waals surface area contributed by atoms with E-state index >= 15 is 0 Å². The number of rotatable bonds is 7. The first kappa shape index (κ1) is 12.5. The molecule has 15 heavy (non-hydrogen) atoms. The molecule has 0 aliphatic carbocycles. The summed E-state index contributed by atoms with van der Waals surface area (Å²) in [5.74, 6) is 0. The summed E-state index contributed by atoms with van der Waals surface area (Å²) in [7, 11) is 0.397. The van der Waals surface area contributed by atoms with Crippen LogP contribution in [0.3, 0.4) is 0 Å². The molecule has 0 unspecified atom stereocenters. The van der Waals surface area contributed by atoms with E-state index in [-0.39, 0.29) is 0 Å². The highest BCUT2D eigenvalue weighted by molar-refractivity contribution is 7.01. The molecule has 0 saturated heterocycles. The lowest BCUT2D eigenvalue weighted by molar-refractivity contribution is 0.688. The zero-order valence-electron chi connectivity index (χ0n) is 9.01. The minimum atomic E-state index is 0.397. The zero-order valence-corrected chi connectivity index (χ0v) is 10.8. The second-order valence-corrected chi connectivity index (χ2v) is 4.93. The smallest absolute Gasteiger partial charge is 0.165 e. The number of hydrogen-bond donors (Lipinski definition) is 0. The SMILES string of the molecule is C=CCCCCCc1ccccc1[Si]Cl. The average Bonchev–Trinajstić information content (AvgIpc) is 2.29. The second kappa shape index (κ2) is 7.72. The summed E-state index contributed by atoms with van der Waals surface area (Å²) in [4.78, 5) is 0. The largest absolute Gasteiger partial charge is 0.210 e. The molecule has 0 spiro atoms. The first-order chi connectivity index (χ1) is 7.38. The van der Waals surface area contributed by atoms with Gasteiger partial charge in [-0.05, 0) is 36.4 Å². The average molecular weight is 237 g/mol. The highest BCUT2D eigenvalue weighted by Crippen LogP contribution is 2.06. The minimum absolute atomic E-state index is 0.397. The molecule has 0 aliphatic rings. The van der Waals surface area contributed by atoms with E-state index in [4.69, 9.17) is 11.1 Å². The lowest BCUT2D eigenvalue weighted by Crippen LogP contribution is -2.14. The first-order valence-corrected chi connectivity index (χ1v) is 7.45.